The predicted octanol–water partition coefficient (Wildman–Crippen LogP) is 2.21. The fraction of sp³-hybridized carbons (Fsp3) is 0.455. The minimum absolute atomic E-state index is 0.199. The van der Waals surface area contributed by atoms with Crippen LogP contribution in [0.4, 0.5) is 24.9 Å². The van der Waals surface area contributed by atoms with Gasteiger partial charge in [0.25, 0.3) is 6.43 Å². The number of nitrogens with two attached hydrogens (primary N) is 1. The standard InChI is InChI=1S/C22H24F3N9O/c23-14-7-32(12-9-35-10-12)5-4-16(14)29-22-30-20(26)19-13(3-6-34(19)31-22)15-1-2-17-21(28-15)33(11-27-17)8-18(24)25/h1-3,6,11-12,14,16,18H,4-5,7-10H2,(H3,26,29,30,31)/t14-,16+/m0/s1. The number of likely N-dealkylation sites (tertiary alicyclic amines) is 1. The summed E-state index contributed by atoms with van der Waals surface area (Å²) >= 11 is 0. The van der Waals surface area contributed by atoms with Gasteiger partial charge >= 0.3 is 0 Å². The first kappa shape index (κ1) is 22.0. The van der Waals surface area contributed by atoms with Crippen LogP contribution < -0.4 is 11.1 Å². The monoisotopic (exact) mass is 487 g/mol. The van der Waals surface area contributed by atoms with E-state index in [0.717, 1.165) is 6.54 Å². The summed E-state index contributed by atoms with van der Waals surface area (Å²) in [6.45, 7) is 1.94. The first-order valence-corrected chi connectivity index (χ1v) is 11.4. The fourth-order valence-electron chi connectivity index (χ4n) is 4.71. The van der Waals surface area contributed by atoms with E-state index in [0.29, 0.717) is 60.2 Å². The maximum absolute atomic E-state index is 14.9. The van der Waals surface area contributed by atoms with Gasteiger partial charge in [-0.05, 0) is 24.6 Å². The van der Waals surface area contributed by atoms with Crippen LogP contribution in [0.1, 0.15) is 6.42 Å². The molecule has 184 valence electrons. The number of hydrogen-bond donors (Lipinski definition) is 2. The second-order valence-corrected chi connectivity index (χ2v) is 8.91. The van der Waals surface area contributed by atoms with E-state index in [2.05, 4.69) is 30.3 Å². The maximum atomic E-state index is 14.9. The van der Waals surface area contributed by atoms with Crippen molar-refractivity contribution in [2.45, 2.75) is 37.6 Å². The minimum Gasteiger partial charge on any atom is -0.382 e. The smallest absolute Gasteiger partial charge is 0.256 e. The van der Waals surface area contributed by atoms with Crippen LogP contribution in [0.2, 0.25) is 0 Å². The molecule has 2 saturated heterocycles. The summed E-state index contributed by atoms with van der Waals surface area (Å²) in [6, 6.07) is 5.14. The van der Waals surface area contributed by atoms with Gasteiger partial charge in [-0.3, -0.25) is 4.90 Å². The molecule has 10 nitrogen and oxygen atoms in total. The normalized spacial score (nSPS) is 21.7. The van der Waals surface area contributed by atoms with E-state index >= 15 is 0 Å². The van der Waals surface area contributed by atoms with E-state index in [1.165, 1.54) is 10.9 Å². The van der Waals surface area contributed by atoms with Crippen molar-refractivity contribution >= 4 is 28.4 Å². The zero-order chi connectivity index (χ0) is 24.1. The highest BCUT2D eigenvalue weighted by Gasteiger charge is 2.35. The summed E-state index contributed by atoms with van der Waals surface area (Å²) in [5, 5.41) is 7.57. The molecule has 0 bridgehead atoms. The summed E-state index contributed by atoms with van der Waals surface area (Å²) in [7, 11) is 0. The van der Waals surface area contributed by atoms with E-state index in [1.807, 2.05) is 0 Å². The van der Waals surface area contributed by atoms with Gasteiger partial charge in [0, 0.05) is 24.8 Å². The summed E-state index contributed by atoms with van der Waals surface area (Å²) in [6.07, 6.45) is 0.0865. The number of ether oxygens (including phenoxy) is 1. The number of pyridine rings is 1. The van der Waals surface area contributed by atoms with Crippen molar-refractivity contribution in [2.75, 3.05) is 37.4 Å². The third-order valence-corrected chi connectivity index (χ3v) is 6.64. The Labute approximate surface area is 197 Å². The Morgan fingerprint density at radius 1 is 1.20 bits per heavy atom. The van der Waals surface area contributed by atoms with Crippen molar-refractivity contribution in [1.29, 1.82) is 0 Å². The lowest BCUT2D eigenvalue weighted by molar-refractivity contribution is -0.0794. The second-order valence-electron chi connectivity index (χ2n) is 8.91. The van der Waals surface area contributed by atoms with Gasteiger partial charge < -0.3 is 20.4 Å². The van der Waals surface area contributed by atoms with Gasteiger partial charge in [-0.2, -0.15) is 4.98 Å². The van der Waals surface area contributed by atoms with E-state index in [9.17, 15) is 13.2 Å². The Morgan fingerprint density at radius 2 is 2.06 bits per heavy atom. The van der Waals surface area contributed by atoms with Crippen molar-refractivity contribution in [1.82, 2.24) is 34.0 Å². The Hall–Kier alpha value is -3.45. The molecule has 2 atom stereocenters. The van der Waals surface area contributed by atoms with Crippen LogP contribution in [0, 0.1) is 0 Å². The number of alkyl halides is 3. The third kappa shape index (κ3) is 4.04. The largest absolute Gasteiger partial charge is 0.382 e. The molecule has 0 amide bonds. The first-order valence-electron chi connectivity index (χ1n) is 11.4. The van der Waals surface area contributed by atoms with Crippen molar-refractivity contribution < 1.29 is 17.9 Å². The van der Waals surface area contributed by atoms with Crippen LogP contribution in [0.5, 0.6) is 0 Å². The van der Waals surface area contributed by atoms with Crippen LogP contribution >= 0.6 is 0 Å². The lowest BCUT2D eigenvalue weighted by Gasteiger charge is -2.42. The molecule has 0 aromatic carbocycles. The Kier molecular flexibility index (Phi) is 5.44. The molecule has 4 aromatic heterocycles. The number of aromatic nitrogens is 6. The summed E-state index contributed by atoms with van der Waals surface area (Å²) in [5.74, 6) is 0.439. The van der Waals surface area contributed by atoms with Crippen LogP contribution in [-0.4, -0.2) is 85.0 Å². The predicted molar refractivity (Wildman–Crippen MR) is 123 cm³/mol. The number of halogens is 3. The third-order valence-electron chi connectivity index (χ3n) is 6.64. The van der Waals surface area contributed by atoms with Gasteiger partial charge in [-0.25, -0.2) is 27.7 Å². The topological polar surface area (TPSA) is 111 Å². The number of fused-ring (bicyclic) bond motifs is 2. The molecule has 0 radical (unpaired) electrons. The SMILES string of the molecule is Nc1nc(N[C@@H]2CCN(C3COC3)C[C@@H]2F)nn2ccc(-c3ccc4ncn(CC(F)F)c4n3)c12. The van der Waals surface area contributed by atoms with Crippen LogP contribution in [0.25, 0.3) is 27.9 Å². The summed E-state index contributed by atoms with van der Waals surface area (Å²) in [5.41, 5.74) is 8.87. The molecule has 6 heterocycles. The highest BCUT2D eigenvalue weighted by molar-refractivity contribution is 5.88. The molecule has 2 fully saturated rings. The van der Waals surface area contributed by atoms with Gasteiger partial charge in [0.05, 0.1) is 43.9 Å². The summed E-state index contributed by atoms with van der Waals surface area (Å²) < 4.78 is 48.8. The van der Waals surface area contributed by atoms with Crippen molar-refractivity contribution in [3.8, 4) is 11.3 Å². The zero-order valence-electron chi connectivity index (χ0n) is 18.7. The number of piperidine rings is 1. The maximum Gasteiger partial charge on any atom is 0.256 e. The number of nitrogens with one attached hydrogen (secondary N) is 1. The van der Waals surface area contributed by atoms with Gasteiger partial charge in [0.15, 0.2) is 11.5 Å². The quantitative estimate of drug-likeness (QED) is 0.426. The summed E-state index contributed by atoms with van der Waals surface area (Å²) in [4.78, 5) is 15.2. The Morgan fingerprint density at radius 3 is 2.80 bits per heavy atom. The zero-order valence-corrected chi connectivity index (χ0v) is 18.7. The lowest BCUT2D eigenvalue weighted by Crippen LogP contribution is -2.57. The average molecular weight is 487 g/mol. The molecule has 35 heavy (non-hydrogen) atoms. The van der Waals surface area contributed by atoms with Crippen molar-refractivity contribution in [3.05, 3.63) is 30.7 Å². The van der Waals surface area contributed by atoms with Crippen LogP contribution in [0.15, 0.2) is 30.7 Å². The number of nitrogens with zero attached hydrogens (tertiary/aromatic N) is 7. The number of imidazole rings is 1. The van der Waals surface area contributed by atoms with Crippen LogP contribution in [-0.2, 0) is 11.3 Å². The number of rotatable bonds is 6. The molecule has 0 saturated carbocycles. The molecule has 3 N–H and O–H groups in total. The highest BCUT2D eigenvalue weighted by atomic mass is 19.3. The molecule has 2 aliphatic rings. The van der Waals surface area contributed by atoms with Crippen molar-refractivity contribution in [3.63, 3.8) is 0 Å². The molecule has 6 rings (SSSR count). The minimum atomic E-state index is -2.52. The molecule has 0 aliphatic carbocycles. The number of anilines is 2. The Bertz CT molecular complexity index is 1370. The molecule has 0 spiro atoms. The van der Waals surface area contributed by atoms with Gasteiger partial charge in [-0.15, -0.1) is 5.10 Å². The van der Waals surface area contributed by atoms with Gasteiger partial charge in [0.1, 0.15) is 17.2 Å². The molecule has 4 aromatic rings. The first-order chi connectivity index (χ1) is 17.0. The Balaban J connectivity index is 1.26. The van der Waals surface area contributed by atoms with E-state index in [-0.39, 0.29) is 11.8 Å². The second kappa shape index (κ2) is 8.64. The highest BCUT2D eigenvalue weighted by Crippen LogP contribution is 2.30. The lowest BCUT2D eigenvalue weighted by atomic mass is 10.0. The molecular formula is C22H24F3N9O. The number of hydrogen-bond acceptors (Lipinski definition) is 8. The van der Waals surface area contributed by atoms with Crippen LogP contribution in [0.3, 0.4) is 0 Å². The molecule has 2 aliphatic heterocycles. The molecular weight excluding hydrogens is 463 g/mol. The van der Waals surface area contributed by atoms with E-state index in [1.54, 1.807) is 28.9 Å². The van der Waals surface area contributed by atoms with Crippen molar-refractivity contribution in [2.24, 2.45) is 0 Å². The van der Waals surface area contributed by atoms with E-state index in [4.69, 9.17) is 10.5 Å². The van der Waals surface area contributed by atoms with Gasteiger partial charge in [-0.1, -0.05) is 0 Å². The number of nitrogen functional groups attached to an aromatic ring is 1. The van der Waals surface area contributed by atoms with Gasteiger partial charge in [0.2, 0.25) is 5.95 Å². The molecule has 0 unspecified atom stereocenters. The molecule has 13 heteroatoms. The van der Waals surface area contributed by atoms with E-state index < -0.39 is 25.2 Å². The fourth-order valence-corrected chi connectivity index (χ4v) is 4.71. The average Bonchev–Trinajstić information content (AvgIpc) is 3.38.